The molecule has 0 spiro atoms. The minimum Gasteiger partial charge on any atom is -0.497 e. The van der Waals surface area contributed by atoms with Gasteiger partial charge in [-0.05, 0) is 48.5 Å². The van der Waals surface area contributed by atoms with Crippen molar-refractivity contribution in [3.05, 3.63) is 78.1 Å². The summed E-state index contributed by atoms with van der Waals surface area (Å²) in [6.45, 7) is 0. The first-order valence-electron chi connectivity index (χ1n) is 8.69. The van der Waals surface area contributed by atoms with Crippen molar-refractivity contribution in [2.24, 2.45) is 0 Å². The summed E-state index contributed by atoms with van der Waals surface area (Å²) >= 11 is 0. The van der Waals surface area contributed by atoms with Crippen LogP contribution in [0, 0.1) is 0 Å². The van der Waals surface area contributed by atoms with Crippen LogP contribution >= 0.6 is 0 Å². The Morgan fingerprint density at radius 1 is 1.00 bits per heavy atom. The Labute approximate surface area is 175 Å². The van der Waals surface area contributed by atoms with Crippen LogP contribution in [0.15, 0.2) is 71.9 Å². The third-order valence-electron chi connectivity index (χ3n) is 4.07. The Hall–Kier alpha value is -3.60. The largest absolute Gasteiger partial charge is 0.497 e. The van der Waals surface area contributed by atoms with Crippen LogP contribution in [-0.2, 0) is 16.2 Å². The van der Waals surface area contributed by atoms with Gasteiger partial charge in [-0.25, -0.2) is 8.42 Å². The number of alkyl halides is 3. The Balaban J connectivity index is 1.77. The number of carbonyl (C=O) groups excluding carboxylic acids is 1. The number of methoxy groups -OCH3 is 1. The lowest BCUT2D eigenvalue weighted by Gasteiger charge is -2.11. The van der Waals surface area contributed by atoms with Crippen LogP contribution in [0.25, 0.3) is 0 Å². The van der Waals surface area contributed by atoms with E-state index < -0.39 is 27.7 Å². The summed E-state index contributed by atoms with van der Waals surface area (Å²) in [5, 5.41) is 2.34. The van der Waals surface area contributed by atoms with Gasteiger partial charge in [-0.3, -0.25) is 14.5 Å². The number of hydrogen-bond acceptors (Lipinski definition) is 5. The van der Waals surface area contributed by atoms with Crippen LogP contribution in [0.2, 0.25) is 0 Å². The van der Waals surface area contributed by atoms with Gasteiger partial charge in [0.2, 0.25) is 0 Å². The standard InChI is InChI=1S/C20H16F3N3O4S/c1-30-17-5-7-18(8-6-17)31(28,29)26-16-9-13(11-24-12-16)19(27)25-15-4-2-3-14(10-15)20(21,22)23/h2-12,26H,1H3,(H,25,27). The molecule has 1 amide bonds. The molecule has 0 aliphatic carbocycles. The molecular weight excluding hydrogens is 435 g/mol. The molecule has 1 heterocycles. The summed E-state index contributed by atoms with van der Waals surface area (Å²) in [5.74, 6) is -0.272. The van der Waals surface area contributed by atoms with Gasteiger partial charge in [0.05, 0.1) is 35.0 Å². The average molecular weight is 451 g/mol. The second kappa shape index (κ2) is 8.64. The molecule has 0 bridgehead atoms. The molecule has 1 aromatic heterocycles. The van der Waals surface area contributed by atoms with Gasteiger partial charge in [0, 0.05) is 11.9 Å². The average Bonchev–Trinajstić information content (AvgIpc) is 2.73. The van der Waals surface area contributed by atoms with Crippen molar-refractivity contribution in [3.8, 4) is 5.75 Å². The van der Waals surface area contributed by atoms with E-state index in [1.165, 1.54) is 49.7 Å². The molecule has 3 rings (SSSR count). The lowest BCUT2D eigenvalue weighted by Crippen LogP contribution is -2.16. The summed E-state index contributed by atoms with van der Waals surface area (Å²) in [5.41, 5.74) is -1.02. The molecule has 0 fully saturated rings. The van der Waals surface area contributed by atoms with Crippen LogP contribution in [0.3, 0.4) is 0 Å². The number of aromatic nitrogens is 1. The molecule has 162 valence electrons. The van der Waals surface area contributed by atoms with E-state index in [-0.39, 0.29) is 21.8 Å². The quantitative estimate of drug-likeness (QED) is 0.587. The number of sulfonamides is 1. The van der Waals surface area contributed by atoms with E-state index in [1.54, 1.807) is 0 Å². The molecular formula is C20H16F3N3O4S. The molecule has 0 unspecified atom stereocenters. The number of hydrogen-bond donors (Lipinski definition) is 2. The van der Waals surface area contributed by atoms with Gasteiger partial charge in [-0.2, -0.15) is 13.2 Å². The molecule has 2 N–H and O–H groups in total. The van der Waals surface area contributed by atoms with Gasteiger partial charge < -0.3 is 10.1 Å². The van der Waals surface area contributed by atoms with Gasteiger partial charge in [0.15, 0.2) is 0 Å². The Morgan fingerprint density at radius 3 is 2.35 bits per heavy atom. The second-order valence-corrected chi connectivity index (χ2v) is 7.96. The summed E-state index contributed by atoms with van der Waals surface area (Å²) in [7, 11) is -2.52. The molecule has 0 aliphatic rings. The van der Waals surface area contributed by atoms with E-state index in [9.17, 15) is 26.4 Å². The normalized spacial score (nSPS) is 11.6. The molecule has 0 aliphatic heterocycles. The summed E-state index contributed by atoms with van der Waals surface area (Å²) in [4.78, 5) is 16.2. The van der Waals surface area contributed by atoms with Gasteiger partial charge >= 0.3 is 6.18 Å². The highest BCUT2D eigenvalue weighted by Gasteiger charge is 2.30. The lowest BCUT2D eigenvalue weighted by molar-refractivity contribution is -0.137. The van der Waals surface area contributed by atoms with Crippen molar-refractivity contribution < 1.29 is 31.1 Å². The zero-order valence-electron chi connectivity index (χ0n) is 16.0. The van der Waals surface area contributed by atoms with Crippen molar-refractivity contribution in [3.63, 3.8) is 0 Å². The number of rotatable bonds is 6. The second-order valence-electron chi connectivity index (χ2n) is 6.28. The molecule has 0 radical (unpaired) electrons. The number of benzene rings is 2. The number of nitrogens with one attached hydrogen (secondary N) is 2. The van der Waals surface area contributed by atoms with Gasteiger partial charge in [0.25, 0.3) is 15.9 Å². The maximum atomic E-state index is 12.8. The first-order valence-corrected chi connectivity index (χ1v) is 10.2. The predicted octanol–water partition coefficient (Wildman–Crippen LogP) is 4.16. The number of ether oxygens (including phenoxy) is 1. The van der Waals surface area contributed by atoms with E-state index in [0.717, 1.165) is 24.4 Å². The zero-order chi connectivity index (χ0) is 22.6. The van der Waals surface area contributed by atoms with Crippen molar-refractivity contribution in [2.45, 2.75) is 11.1 Å². The number of carbonyl (C=O) groups is 1. The summed E-state index contributed by atoms with van der Waals surface area (Å²) < 4.78 is 70.8. The Bertz CT molecular complexity index is 1200. The first kappa shape index (κ1) is 22.1. The fourth-order valence-electron chi connectivity index (χ4n) is 2.57. The van der Waals surface area contributed by atoms with Crippen molar-refractivity contribution in [1.82, 2.24) is 4.98 Å². The maximum absolute atomic E-state index is 12.8. The minimum atomic E-state index is -4.55. The molecule has 0 saturated carbocycles. The predicted molar refractivity (Wildman–Crippen MR) is 107 cm³/mol. The van der Waals surface area contributed by atoms with Crippen LogP contribution in [-0.4, -0.2) is 26.4 Å². The lowest BCUT2D eigenvalue weighted by atomic mass is 10.2. The SMILES string of the molecule is COc1ccc(S(=O)(=O)Nc2cncc(C(=O)Nc3cccc(C(F)(F)F)c3)c2)cc1. The molecule has 0 atom stereocenters. The highest BCUT2D eigenvalue weighted by Crippen LogP contribution is 2.30. The van der Waals surface area contributed by atoms with E-state index >= 15 is 0 Å². The number of pyridine rings is 1. The molecule has 7 nitrogen and oxygen atoms in total. The molecule has 3 aromatic rings. The number of halogens is 3. The van der Waals surface area contributed by atoms with Crippen LogP contribution in [0.4, 0.5) is 24.5 Å². The topological polar surface area (TPSA) is 97.4 Å². The molecule has 11 heteroatoms. The van der Waals surface area contributed by atoms with E-state index in [1.807, 2.05) is 0 Å². The highest BCUT2D eigenvalue weighted by molar-refractivity contribution is 7.92. The maximum Gasteiger partial charge on any atom is 0.416 e. The van der Waals surface area contributed by atoms with Crippen molar-refractivity contribution in [1.29, 1.82) is 0 Å². The van der Waals surface area contributed by atoms with Crippen LogP contribution in [0.1, 0.15) is 15.9 Å². The van der Waals surface area contributed by atoms with Gasteiger partial charge in [-0.1, -0.05) is 6.07 Å². The molecule has 2 aromatic carbocycles. The number of anilines is 2. The van der Waals surface area contributed by atoms with E-state index in [4.69, 9.17) is 4.74 Å². The summed E-state index contributed by atoms with van der Waals surface area (Å²) in [6.07, 6.45) is -2.20. The fraction of sp³-hybridized carbons (Fsp3) is 0.100. The van der Waals surface area contributed by atoms with Crippen LogP contribution < -0.4 is 14.8 Å². The van der Waals surface area contributed by atoms with E-state index in [0.29, 0.717) is 5.75 Å². The Morgan fingerprint density at radius 2 is 1.71 bits per heavy atom. The Kier molecular flexibility index (Phi) is 6.16. The third-order valence-corrected chi connectivity index (χ3v) is 5.47. The molecule has 0 saturated heterocycles. The van der Waals surface area contributed by atoms with Crippen LogP contribution in [0.5, 0.6) is 5.75 Å². The summed E-state index contributed by atoms with van der Waals surface area (Å²) in [6, 6.07) is 11.0. The third kappa shape index (κ3) is 5.51. The minimum absolute atomic E-state index is 0.00695. The first-order chi connectivity index (χ1) is 14.6. The number of amides is 1. The zero-order valence-corrected chi connectivity index (χ0v) is 16.8. The monoisotopic (exact) mass is 451 g/mol. The molecule has 31 heavy (non-hydrogen) atoms. The van der Waals surface area contributed by atoms with Gasteiger partial charge in [0.1, 0.15) is 5.75 Å². The van der Waals surface area contributed by atoms with Crippen molar-refractivity contribution >= 4 is 27.3 Å². The van der Waals surface area contributed by atoms with Crippen molar-refractivity contribution in [2.75, 3.05) is 17.1 Å². The highest BCUT2D eigenvalue weighted by atomic mass is 32.2. The fourth-order valence-corrected chi connectivity index (χ4v) is 3.60. The van der Waals surface area contributed by atoms with E-state index in [2.05, 4.69) is 15.0 Å². The van der Waals surface area contributed by atoms with Gasteiger partial charge in [-0.15, -0.1) is 0 Å². The number of nitrogens with zero attached hydrogens (tertiary/aromatic N) is 1. The smallest absolute Gasteiger partial charge is 0.416 e.